The van der Waals surface area contributed by atoms with Gasteiger partial charge >= 0.3 is 0 Å². The summed E-state index contributed by atoms with van der Waals surface area (Å²) >= 11 is 0. The molecule has 11 heteroatoms. The fourth-order valence-electron chi connectivity index (χ4n) is 3.36. The Hall–Kier alpha value is -4.28. The molecule has 1 atom stereocenters. The van der Waals surface area contributed by atoms with Crippen LogP contribution in [-0.2, 0) is 25.6 Å². The van der Waals surface area contributed by atoms with Gasteiger partial charge in [0.15, 0.2) is 0 Å². The fourth-order valence-corrected chi connectivity index (χ4v) is 3.36. The summed E-state index contributed by atoms with van der Waals surface area (Å²) in [5, 5.41) is 21.2. The van der Waals surface area contributed by atoms with E-state index < -0.39 is 16.9 Å². The second-order valence-corrected chi connectivity index (χ2v) is 8.17. The van der Waals surface area contributed by atoms with Crippen LogP contribution in [0.15, 0.2) is 54.6 Å². The molecule has 0 spiro atoms. The van der Waals surface area contributed by atoms with Gasteiger partial charge in [-0.3, -0.25) is 29.3 Å². The van der Waals surface area contributed by atoms with Crippen LogP contribution in [0.3, 0.4) is 0 Å². The van der Waals surface area contributed by atoms with Crippen LogP contribution < -0.4 is 21.3 Å². The quantitative estimate of drug-likeness (QED) is 0.178. The minimum absolute atomic E-state index is 0.0469. The topological polar surface area (TPSA) is 160 Å². The van der Waals surface area contributed by atoms with E-state index in [-0.39, 0.29) is 36.4 Å². The summed E-state index contributed by atoms with van der Waals surface area (Å²) in [7, 11) is 0. The van der Waals surface area contributed by atoms with Crippen molar-refractivity contribution in [2.24, 2.45) is 0 Å². The van der Waals surface area contributed by atoms with Crippen molar-refractivity contribution in [2.45, 2.75) is 45.1 Å². The van der Waals surface area contributed by atoms with Crippen LogP contribution in [0.2, 0.25) is 0 Å². The molecule has 0 aliphatic carbocycles. The molecule has 0 aliphatic rings. The summed E-state index contributed by atoms with van der Waals surface area (Å²) in [6.45, 7) is 1.52. The average molecular weight is 498 g/mol. The van der Waals surface area contributed by atoms with Gasteiger partial charge in [-0.25, -0.2) is 0 Å². The van der Waals surface area contributed by atoms with E-state index in [9.17, 15) is 29.3 Å². The minimum Gasteiger partial charge on any atom is -0.355 e. The standard InChI is InChI=1S/C25H31N5O6/c1-18(31)28-22(16-19-8-4-2-5-9-19)25(34)27-17-24(33)26-15-7-3-6-10-23(32)29-20-11-13-21(14-12-20)30(35)36/h2,4-5,8-9,11-14,22H,3,6-7,10,15-17H2,1H3,(H,26,33)(H,27,34)(H,28,31)(H,29,32)/t22-/m0/s1. The van der Waals surface area contributed by atoms with Gasteiger partial charge in [0.05, 0.1) is 11.5 Å². The largest absolute Gasteiger partial charge is 0.355 e. The normalized spacial score (nSPS) is 11.1. The van der Waals surface area contributed by atoms with Crippen LogP contribution in [0, 0.1) is 10.1 Å². The van der Waals surface area contributed by atoms with E-state index in [0.29, 0.717) is 37.9 Å². The molecule has 11 nitrogen and oxygen atoms in total. The molecular weight excluding hydrogens is 466 g/mol. The van der Waals surface area contributed by atoms with Crippen molar-refractivity contribution in [1.82, 2.24) is 16.0 Å². The van der Waals surface area contributed by atoms with Crippen LogP contribution in [0.1, 0.15) is 38.2 Å². The number of nitrogens with zero attached hydrogens (tertiary/aromatic N) is 1. The van der Waals surface area contributed by atoms with Crippen LogP contribution in [0.4, 0.5) is 11.4 Å². The number of amides is 4. The number of rotatable bonds is 14. The summed E-state index contributed by atoms with van der Waals surface area (Å²) in [5.74, 6) is -1.32. The zero-order valence-corrected chi connectivity index (χ0v) is 20.1. The van der Waals surface area contributed by atoms with E-state index in [1.807, 2.05) is 30.3 Å². The molecule has 36 heavy (non-hydrogen) atoms. The number of nitrogens with one attached hydrogen (secondary N) is 4. The molecule has 4 N–H and O–H groups in total. The van der Waals surface area contributed by atoms with Crippen LogP contribution in [0.5, 0.6) is 0 Å². The van der Waals surface area contributed by atoms with Crippen molar-refractivity contribution in [1.29, 1.82) is 0 Å². The molecule has 0 saturated carbocycles. The third-order valence-corrected chi connectivity index (χ3v) is 5.16. The van der Waals surface area contributed by atoms with E-state index in [2.05, 4.69) is 21.3 Å². The van der Waals surface area contributed by atoms with E-state index >= 15 is 0 Å². The summed E-state index contributed by atoms with van der Waals surface area (Å²) < 4.78 is 0. The van der Waals surface area contributed by atoms with Crippen LogP contribution in [-0.4, -0.2) is 47.7 Å². The number of carbonyl (C=O) groups is 4. The van der Waals surface area contributed by atoms with E-state index in [4.69, 9.17) is 0 Å². The van der Waals surface area contributed by atoms with Gasteiger partial charge in [0.1, 0.15) is 6.04 Å². The Morgan fingerprint density at radius 1 is 0.889 bits per heavy atom. The molecule has 2 aromatic carbocycles. The molecule has 0 aromatic heterocycles. The smallest absolute Gasteiger partial charge is 0.269 e. The first-order valence-electron chi connectivity index (χ1n) is 11.6. The zero-order valence-electron chi connectivity index (χ0n) is 20.1. The van der Waals surface area contributed by atoms with Crippen molar-refractivity contribution in [2.75, 3.05) is 18.4 Å². The number of non-ortho nitro benzene ring substituents is 1. The molecular formula is C25H31N5O6. The highest BCUT2D eigenvalue weighted by Gasteiger charge is 2.20. The third kappa shape index (κ3) is 10.8. The van der Waals surface area contributed by atoms with Crippen molar-refractivity contribution in [3.05, 3.63) is 70.3 Å². The number of nitro benzene ring substituents is 1. The Morgan fingerprint density at radius 2 is 1.58 bits per heavy atom. The molecule has 0 heterocycles. The van der Waals surface area contributed by atoms with Gasteiger partial charge in [0, 0.05) is 44.1 Å². The molecule has 2 rings (SSSR count). The second-order valence-electron chi connectivity index (χ2n) is 8.17. The van der Waals surface area contributed by atoms with Gasteiger partial charge in [0.25, 0.3) is 5.69 Å². The number of unbranched alkanes of at least 4 members (excludes halogenated alkanes) is 2. The van der Waals surface area contributed by atoms with Gasteiger partial charge in [0.2, 0.25) is 23.6 Å². The minimum atomic E-state index is -0.783. The summed E-state index contributed by atoms with van der Waals surface area (Å²) in [6.07, 6.45) is 2.58. The number of nitro groups is 1. The number of hydrogen-bond donors (Lipinski definition) is 4. The van der Waals surface area contributed by atoms with Crippen molar-refractivity contribution < 1.29 is 24.1 Å². The lowest BCUT2D eigenvalue weighted by Crippen LogP contribution is -2.49. The molecule has 4 amide bonds. The molecule has 2 aromatic rings. The highest BCUT2D eigenvalue weighted by Crippen LogP contribution is 2.15. The first-order chi connectivity index (χ1) is 17.2. The monoisotopic (exact) mass is 497 g/mol. The van der Waals surface area contributed by atoms with Crippen molar-refractivity contribution >= 4 is 35.0 Å². The Morgan fingerprint density at radius 3 is 2.22 bits per heavy atom. The lowest BCUT2D eigenvalue weighted by Gasteiger charge is -2.17. The predicted molar refractivity (Wildman–Crippen MR) is 134 cm³/mol. The number of hydrogen-bond acceptors (Lipinski definition) is 6. The summed E-state index contributed by atoms with van der Waals surface area (Å²) in [4.78, 5) is 58.1. The summed E-state index contributed by atoms with van der Waals surface area (Å²) in [6, 6.07) is 14.1. The Labute approximate surface area is 209 Å². The lowest BCUT2D eigenvalue weighted by molar-refractivity contribution is -0.384. The third-order valence-electron chi connectivity index (χ3n) is 5.16. The van der Waals surface area contributed by atoms with Crippen LogP contribution in [0.25, 0.3) is 0 Å². The highest BCUT2D eigenvalue weighted by atomic mass is 16.6. The lowest BCUT2D eigenvalue weighted by atomic mass is 10.1. The number of benzene rings is 2. The molecule has 0 aliphatic heterocycles. The van der Waals surface area contributed by atoms with Gasteiger partial charge < -0.3 is 21.3 Å². The molecule has 0 saturated heterocycles. The highest BCUT2D eigenvalue weighted by molar-refractivity contribution is 5.91. The van der Waals surface area contributed by atoms with Gasteiger partial charge in [-0.15, -0.1) is 0 Å². The molecule has 192 valence electrons. The van der Waals surface area contributed by atoms with Gasteiger partial charge in [-0.1, -0.05) is 36.8 Å². The fraction of sp³-hybridized carbons (Fsp3) is 0.360. The average Bonchev–Trinajstić information content (AvgIpc) is 2.85. The zero-order chi connectivity index (χ0) is 26.3. The molecule has 0 unspecified atom stereocenters. The van der Waals surface area contributed by atoms with Crippen molar-refractivity contribution in [3.63, 3.8) is 0 Å². The van der Waals surface area contributed by atoms with Crippen molar-refractivity contribution in [3.8, 4) is 0 Å². The van der Waals surface area contributed by atoms with E-state index in [1.165, 1.54) is 31.2 Å². The first kappa shape index (κ1) is 28.0. The van der Waals surface area contributed by atoms with Crippen LogP contribution >= 0.6 is 0 Å². The predicted octanol–water partition coefficient (Wildman–Crippen LogP) is 2.07. The first-order valence-corrected chi connectivity index (χ1v) is 11.6. The van der Waals surface area contributed by atoms with Gasteiger partial charge in [-0.05, 0) is 30.5 Å². The Balaban J connectivity index is 1.60. The molecule has 0 fully saturated rings. The molecule has 0 radical (unpaired) electrons. The maximum Gasteiger partial charge on any atom is 0.269 e. The SMILES string of the molecule is CC(=O)N[C@@H](Cc1ccccc1)C(=O)NCC(=O)NCCCCCC(=O)Nc1ccc([N+](=O)[O-])cc1. The molecule has 0 bridgehead atoms. The maximum absolute atomic E-state index is 12.5. The second kappa shape index (κ2) is 14.9. The van der Waals surface area contributed by atoms with Gasteiger partial charge in [-0.2, -0.15) is 0 Å². The summed E-state index contributed by atoms with van der Waals surface area (Å²) in [5.41, 5.74) is 1.33. The Bertz CT molecular complexity index is 1040. The Kier molecular flexibility index (Phi) is 11.5. The van der Waals surface area contributed by atoms with E-state index in [1.54, 1.807) is 0 Å². The number of carbonyl (C=O) groups excluding carboxylic acids is 4. The van der Waals surface area contributed by atoms with E-state index in [0.717, 1.165) is 5.56 Å². The number of anilines is 1. The maximum atomic E-state index is 12.5.